The summed E-state index contributed by atoms with van der Waals surface area (Å²) in [6.07, 6.45) is 1.34. The number of amides is 2. The van der Waals surface area contributed by atoms with Gasteiger partial charge in [0.1, 0.15) is 5.75 Å². The lowest BCUT2D eigenvalue weighted by Crippen LogP contribution is -2.24. The zero-order chi connectivity index (χ0) is 13.7. The van der Waals surface area contributed by atoms with Crippen LogP contribution in [-0.2, 0) is 0 Å². The van der Waals surface area contributed by atoms with Gasteiger partial charge in [0.15, 0.2) is 0 Å². The first-order chi connectivity index (χ1) is 9.16. The summed E-state index contributed by atoms with van der Waals surface area (Å²) in [6.45, 7) is 0. The molecule has 5 nitrogen and oxygen atoms in total. The van der Waals surface area contributed by atoms with Crippen LogP contribution in [0.2, 0.25) is 0 Å². The van der Waals surface area contributed by atoms with Gasteiger partial charge in [-0.15, -0.1) is 12.4 Å². The normalized spacial score (nSPS) is 10.0. The minimum atomic E-state index is -0.755. The summed E-state index contributed by atoms with van der Waals surface area (Å²) in [5.41, 5.74) is 9.43. The number of carbonyl (C=O) groups is 1. The molecule has 2 aromatic carbocycles. The molecule has 0 unspecified atom stereocenters. The Morgan fingerprint density at radius 1 is 1.15 bits per heavy atom. The highest BCUT2D eigenvalue weighted by Crippen LogP contribution is 2.24. The average Bonchev–Trinajstić information content (AvgIpc) is 2.41. The van der Waals surface area contributed by atoms with Gasteiger partial charge in [-0.25, -0.2) is 10.2 Å². The van der Waals surface area contributed by atoms with Crippen LogP contribution in [0.15, 0.2) is 53.6 Å². The SMILES string of the molecule is Cl.NC(=O)NN=Cc1cc(-c2ccccc2)ccc1O. The van der Waals surface area contributed by atoms with Gasteiger partial charge >= 0.3 is 6.03 Å². The Bertz CT molecular complexity index is 615. The Labute approximate surface area is 122 Å². The number of aromatic hydroxyl groups is 1. The zero-order valence-corrected chi connectivity index (χ0v) is 11.3. The largest absolute Gasteiger partial charge is 0.507 e. The van der Waals surface area contributed by atoms with Gasteiger partial charge < -0.3 is 10.8 Å². The number of urea groups is 1. The molecule has 20 heavy (non-hydrogen) atoms. The van der Waals surface area contributed by atoms with Crippen LogP contribution in [0.5, 0.6) is 5.75 Å². The third-order valence-electron chi connectivity index (χ3n) is 2.51. The maximum Gasteiger partial charge on any atom is 0.332 e. The van der Waals surface area contributed by atoms with E-state index in [0.29, 0.717) is 5.56 Å². The minimum absolute atomic E-state index is 0. The Hall–Kier alpha value is -2.53. The molecular formula is C14H14ClN3O2. The average molecular weight is 292 g/mol. The Kier molecular flexibility index (Phi) is 5.56. The van der Waals surface area contributed by atoms with Crippen molar-refractivity contribution >= 4 is 24.7 Å². The molecule has 0 aromatic heterocycles. The lowest BCUT2D eigenvalue weighted by atomic mass is 10.0. The van der Waals surface area contributed by atoms with Crippen molar-refractivity contribution in [1.82, 2.24) is 5.43 Å². The van der Waals surface area contributed by atoms with Gasteiger partial charge in [0.25, 0.3) is 0 Å². The Balaban J connectivity index is 0.00000200. The van der Waals surface area contributed by atoms with Crippen LogP contribution in [0.1, 0.15) is 5.56 Å². The van der Waals surface area contributed by atoms with Gasteiger partial charge in [-0.3, -0.25) is 0 Å². The van der Waals surface area contributed by atoms with Gasteiger partial charge in [0.2, 0.25) is 0 Å². The van der Waals surface area contributed by atoms with Crippen molar-refractivity contribution in [2.45, 2.75) is 0 Å². The number of nitrogens with two attached hydrogens (primary N) is 1. The van der Waals surface area contributed by atoms with Gasteiger partial charge in [0, 0.05) is 5.56 Å². The lowest BCUT2D eigenvalue weighted by Gasteiger charge is -2.04. The van der Waals surface area contributed by atoms with Crippen molar-refractivity contribution < 1.29 is 9.90 Å². The number of nitrogens with zero attached hydrogens (tertiary/aromatic N) is 1. The summed E-state index contributed by atoms with van der Waals surface area (Å²) in [6, 6.07) is 14.1. The molecule has 2 amide bonds. The molecule has 104 valence electrons. The van der Waals surface area contributed by atoms with Crippen LogP contribution in [0.4, 0.5) is 4.79 Å². The first kappa shape index (κ1) is 15.5. The number of rotatable bonds is 3. The molecule has 0 heterocycles. The molecule has 4 N–H and O–H groups in total. The number of benzene rings is 2. The number of phenolic OH excluding ortho intramolecular Hbond substituents is 1. The fraction of sp³-hybridized carbons (Fsp3) is 0. The first-order valence-electron chi connectivity index (χ1n) is 5.64. The summed E-state index contributed by atoms with van der Waals surface area (Å²) in [4.78, 5) is 10.5. The summed E-state index contributed by atoms with van der Waals surface area (Å²) < 4.78 is 0. The molecule has 6 heteroatoms. The van der Waals surface area contributed by atoms with E-state index < -0.39 is 6.03 Å². The van der Waals surface area contributed by atoms with Gasteiger partial charge in [0.05, 0.1) is 6.21 Å². The predicted octanol–water partition coefficient (Wildman–Crippen LogP) is 2.48. The maximum absolute atomic E-state index is 10.5. The fourth-order valence-corrected chi connectivity index (χ4v) is 1.63. The smallest absolute Gasteiger partial charge is 0.332 e. The highest BCUT2D eigenvalue weighted by molar-refractivity contribution is 5.87. The molecule has 0 aliphatic heterocycles. The van der Waals surface area contributed by atoms with E-state index in [0.717, 1.165) is 11.1 Å². The first-order valence-corrected chi connectivity index (χ1v) is 5.64. The van der Waals surface area contributed by atoms with Crippen LogP contribution in [0, 0.1) is 0 Å². The van der Waals surface area contributed by atoms with Gasteiger partial charge in [-0.2, -0.15) is 5.10 Å². The standard InChI is InChI=1S/C14H13N3O2.ClH/c15-14(19)17-16-9-12-8-11(6-7-13(12)18)10-4-2-1-3-5-10;/h1-9,18H,(H3,15,17,19);1H. The lowest BCUT2D eigenvalue weighted by molar-refractivity contribution is 0.249. The van der Waals surface area contributed by atoms with E-state index in [2.05, 4.69) is 10.5 Å². The second kappa shape index (κ2) is 7.16. The zero-order valence-electron chi connectivity index (χ0n) is 10.5. The van der Waals surface area contributed by atoms with Crippen LogP contribution < -0.4 is 11.2 Å². The van der Waals surface area contributed by atoms with E-state index >= 15 is 0 Å². The Morgan fingerprint density at radius 3 is 2.50 bits per heavy atom. The number of hydrogen-bond acceptors (Lipinski definition) is 3. The van der Waals surface area contributed by atoms with Crippen LogP contribution in [0.25, 0.3) is 11.1 Å². The summed E-state index contributed by atoms with van der Waals surface area (Å²) in [5.74, 6) is 0.0784. The molecule has 0 radical (unpaired) electrons. The quantitative estimate of drug-likeness (QED) is 0.599. The molecule has 2 rings (SSSR count). The van der Waals surface area contributed by atoms with Crippen LogP contribution in [-0.4, -0.2) is 17.4 Å². The van der Waals surface area contributed by atoms with E-state index in [1.807, 2.05) is 36.4 Å². The number of halogens is 1. The molecule has 0 aliphatic carbocycles. The predicted molar refractivity (Wildman–Crippen MR) is 81.1 cm³/mol. The third-order valence-corrected chi connectivity index (χ3v) is 2.51. The van der Waals surface area contributed by atoms with Gasteiger partial charge in [-0.05, 0) is 23.3 Å². The fourth-order valence-electron chi connectivity index (χ4n) is 1.63. The van der Waals surface area contributed by atoms with E-state index in [1.165, 1.54) is 6.21 Å². The maximum atomic E-state index is 10.5. The van der Waals surface area contributed by atoms with Gasteiger partial charge in [-0.1, -0.05) is 36.4 Å². The number of primary amides is 1. The molecule has 0 fully saturated rings. The highest BCUT2D eigenvalue weighted by atomic mass is 35.5. The molecule has 0 bridgehead atoms. The molecule has 0 spiro atoms. The molecule has 0 saturated heterocycles. The summed E-state index contributed by atoms with van der Waals surface area (Å²) >= 11 is 0. The molecule has 0 atom stereocenters. The molecular weight excluding hydrogens is 278 g/mol. The van der Waals surface area contributed by atoms with E-state index in [-0.39, 0.29) is 18.2 Å². The highest BCUT2D eigenvalue weighted by Gasteiger charge is 2.02. The van der Waals surface area contributed by atoms with Crippen molar-refractivity contribution in [2.24, 2.45) is 10.8 Å². The molecule has 0 aliphatic rings. The molecule has 2 aromatic rings. The van der Waals surface area contributed by atoms with E-state index in [4.69, 9.17) is 5.73 Å². The number of carbonyl (C=O) groups excluding carboxylic acids is 1. The van der Waals surface area contributed by atoms with E-state index in [9.17, 15) is 9.90 Å². The topological polar surface area (TPSA) is 87.7 Å². The summed E-state index contributed by atoms with van der Waals surface area (Å²) in [5, 5.41) is 13.3. The summed E-state index contributed by atoms with van der Waals surface area (Å²) in [7, 11) is 0. The third kappa shape index (κ3) is 4.00. The second-order valence-corrected chi connectivity index (χ2v) is 3.87. The van der Waals surface area contributed by atoms with E-state index in [1.54, 1.807) is 12.1 Å². The number of hydrogen-bond donors (Lipinski definition) is 3. The van der Waals surface area contributed by atoms with Crippen molar-refractivity contribution in [3.05, 3.63) is 54.1 Å². The van der Waals surface area contributed by atoms with Crippen molar-refractivity contribution in [3.8, 4) is 16.9 Å². The number of phenols is 1. The molecule has 0 saturated carbocycles. The monoisotopic (exact) mass is 291 g/mol. The minimum Gasteiger partial charge on any atom is -0.507 e. The second-order valence-electron chi connectivity index (χ2n) is 3.87. The number of hydrazone groups is 1. The van der Waals surface area contributed by atoms with Crippen molar-refractivity contribution in [2.75, 3.05) is 0 Å². The van der Waals surface area contributed by atoms with Crippen molar-refractivity contribution in [3.63, 3.8) is 0 Å². The van der Waals surface area contributed by atoms with Crippen LogP contribution in [0.3, 0.4) is 0 Å². The number of nitrogens with one attached hydrogen (secondary N) is 1. The van der Waals surface area contributed by atoms with Crippen LogP contribution >= 0.6 is 12.4 Å². The van der Waals surface area contributed by atoms with Crippen molar-refractivity contribution in [1.29, 1.82) is 0 Å². The Morgan fingerprint density at radius 2 is 1.85 bits per heavy atom.